The molecule has 2 aliphatic rings. The summed E-state index contributed by atoms with van der Waals surface area (Å²) in [5.74, 6) is 0.512. The standard InChI is InChI=1S/C25H32N2O4S/c1-25(2,3)16-31-24(28)26-21-12-11-17-13-18-9-10-19(14-20(17)15-21)23(18)27-32(29,30)22-7-5-4-6-8-22/h4-8,11-12,15,18-19,23,27H,9-10,13-14,16H2,1-3H3,(H,26,28). The number of rotatable bonds is 5. The van der Waals surface area contributed by atoms with Crippen LogP contribution in [0.25, 0.3) is 0 Å². The topological polar surface area (TPSA) is 84.5 Å². The van der Waals surface area contributed by atoms with E-state index in [-0.39, 0.29) is 23.3 Å². The summed E-state index contributed by atoms with van der Waals surface area (Å²) in [6.45, 7) is 6.39. The van der Waals surface area contributed by atoms with Crippen molar-refractivity contribution in [1.29, 1.82) is 0 Å². The summed E-state index contributed by atoms with van der Waals surface area (Å²) in [6.07, 6.45) is 3.19. The van der Waals surface area contributed by atoms with E-state index in [0.29, 0.717) is 17.2 Å². The maximum absolute atomic E-state index is 12.9. The van der Waals surface area contributed by atoms with Gasteiger partial charge in [0.25, 0.3) is 0 Å². The van der Waals surface area contributed by atoms with Crippen molar-refractivity contribution >= 4 is 21.8 Å². The summed E-state index contributed by atoms with van der Waals surface area (Å²) >= 11 is 0. The monoisotopic (exact) mass is 456 g/mol. The van der Waals surface area contributed by atoms with Crippen molar-refractivity contribution in [1.82, 2.24) is 4.72 Å². The van der Waals surface area contributed by atoms with Crippen LogP contribution in [0.3, 0.4) is 0 Å². The molecule has 2 aliphatic carbocycles. The quantitative estimate of drug-likeness (QED) is 0.680. The van der Waals surface area contributed by atoms with Crippen molar-refractivity contribution in [2.75, 3.05) is 11.9 Å². The number of anilines is 1. The molecule has 1 fully saturated rings. The lowest BCUT2D eigenvalue weighted by molar-refractivity contribution is 0.118. The number of amides is 1. The lowest BCUT2D eigenvalue weighted by atomic mass is 9.93. The van der Waals surface area contributed by atoms with E-state index < -0.39 is 16.1 Å². The minimum Gasteiger partial charge on any atom is -0.449 e. The van der Waals surface area contributed by atoms with Gasteiger partial charge < -0.3 is 4.74 Å². The number of hydrogen-bond acceptors (Lipinski definition) is 4. The van der Waals surface area contributed by atoms with Gasteiger partial charge in [0.05, 0.1) is 11.5 Å². The molecule has 0 aromatic heterocycles. The average molecular weight is 457 g/mol. The second-order valence-corrected chi connectivity index (χ2v) is 11.9. The number of carbonyl (C=O) groups is 1. The van der Waals surface area contributed by atoms with Gasteiger partial charge in [-0.15, -0.1) is 0 Å². The van der Waals surface area contributed by atoms with E-state index >= 15 is 0 Å². The second kappa shape index (κ2) is 8.87. The fourth-order valence-corrected chi connectivity index (χ4v) is 6.16. The summed E-state index contributed by atoms with van der Waals surface area (Å²) < 4.78 is 34.2. The van der Waals surface area contributed by atoms with Gasteiger partial charge in [-0.25, -0.2) is 17.9 Å². The highest BCUT2D eigenvalue weighted by atomic mass is 32.2. The number of fused-ring (bicyclic) bond motifs is 3. The molecule has 2 aromatic rings. The van der Waals surface area contributed by atoms with Gasteiger partial charge in [0.1, 0.15) is 0 Å². The summed E-state index contributed by atoms with van der Waals surface area (Å²) in [7, 11) is -3.56. The smallest absolute Gasteiger partial charge is 0.411 e. The molecule has 2 bridgehead atoms. The Balaban J connectivity index is 1.47. The molecule has 2 aromatic carbocycles. The van der Waals surface area contributed by atoms with Crippen LogP contribution in [0.5, 0.6) is 0 Å². The van der Waals surface area contributed by atoms with Crippen LogP contribution in [0.4, 0.5) is 10.5 Å². The molecule has 3 atom stereocenters. The van der Waals surface area contributed by atoms with Crippen LogP contribution in [0, 0.1) is 17.3 Å². The number of ether oxygens (including phenoxy) is 1. The van der Waals surface area contributed by atoms with Crippen LogP contribution in [0.1, 0.15) is 44.7 Å². The molecule has 4 rings (SSSR count). The summed E-state index contributed by atoms with van der Waals surface area (Å²) in [4.78, 5) is 12.5. The Labute approximate surface area is 190 Å². The molecule has 6 nitrogen and oxygen atoms in total. The van der Waals surface area contributed by atoms with Crippen LogP contribution >= 0.6 is 0 Å². The van der Waals surface area contributed by atoms with Gasteiger partial charge >= 0.3 is 6.09 Å². The van der Waals surface area contributed by atoms with E-state index in [1.54, 1.807) is 24.3 Å². The van der Waals surface area contributed by atoms with Crippen molar-refractivity contribution in [2.45, 2.75) is 57.4 Å². The third kappa shape index (κ3) is 5.33. The van der Waals surface area contributed by atoms with Gasteiger partial charge in [0.2, 0.25) is 10.0 Å². The Morgan fingerprint density at radius 1 is 1.00 bits per heavy atom. The van der Waals surface area contributed by atoms with Crippen molar-refractivity contribution in [3.63, 3.8) is 0 Å². The van der Waals surface area contributed by atoms with Gasteiger partial charge in [-0.05, 0) is 78.3 Å². The molecule has 0 saturated heterocycles. The highest BCUT2D eigenvalue weighted by Gasteiger charge is 2.41. The molecular formula is C25H32N2O4S. The van der Waals surface area contributed by atoms with E-state index in [2.05, 4.69) is 16.1 Å². The number of benzene rings is 2. The Morgan fingerprint density at radius 2 is 1.66 bits per heavy atom. The molecule has 3 unspecified atom stereocenters. The van der Waals surface area contributed by atoms with Gasteiger partial charge in [0.15, 0.2) is 0 Å². The molecule has 0 heterocycles. The van der Waals surface area contributed by atoms with E-state index in [1.807, 2.05) is 39.0 Å². The Bertz CT molecular complexity index is 1080. The van der Waals surface area contributed by atoms with E-state index in [9.17, 15) is 13.2 Å². The first-order valence-electron chi connectivity index (χ1n) is 11.2. The number of nitrogens with one attached hydrogen (secondary N) is 2. The third-order valence-corrected chi connectivity index (χ3v) is 7.80. The lowest BCUT2D eigenvalue weighted by Crippen LogP contribution is -2.41. The zero-order chi connectivity index (χ0) is 22.9. The maximum Gasteiger partial charge on any atom is 0.411 e. The number of sulfonamides is 1. The van der Waals surface area contributed by atoms with Crippen LogP contribution in [-0.4, -0.2) is 27.2 Å². The Hall–Kier alpha value is -2.38. The highest BCUT2D eigenvalue weighted by molar-refractivity contribution is 7.89. The molecule has 2 N–H and O–H groups in total. The second-order valence-electron chi connectivity index (χ2n) is 10.2. The fourth-order valence-electron chi connectivity index (χ4n) is 4.76. The predicted octanol–water partition coefficient (Wildman–Crippen LogP) is 4.75. The number of hydrogen-bond donors (Lipinski definition) is 2. The normalized spacial score (nSPS) is 22.7. The fraction of sp³-hybridized carbons (Fsp3) is 0.480. The minimum absolute atomic E-state index is 0.0826. The van der Waals surface area contributed by atoms with Crippen LogP contribution in [-0.2, 0) is 27.6 Å². The highest BCUT2D eigenvalue weighted by Crippen LogP contribution is 2.41. The molecule has 1 amide bonds. The minimum atomic E-state index is -3.56. The molecule has 7 heteroatoms. The molecular weight excluding hydrogens is 424 g/mol. The first-order valence-corrected chi connectivity index (χ1v) is 12.7. The van der Waals surface area contributed by atoms with Gasteiger partial charge in [0, 0.05) is 11.7 Å². The summed E-state index contributed by atoms with van der Waals surface area (Å²) in [5, 5.41) is 2.83. The average Bonchev–Trinajstić information content (AvgIpc) is 3.00. The first kappa shape index (κ1) is 22.8. The molecule has 0 radical (unpaired) electrons. The molecule has 0 aliphatic heterocycles. The van der Waals surface area contributed by atoms with Crippen LogP contribution in [0.2, 0.25) is 0 Å². The predicted molar refractivity (Wildman–Crippen MR) is 125 cm³/mol. The van der Waals surface area contributed by atoms with Crippen LogP contribution < -0.4 is 10.0 Å². The summed E-state index contributed by atoms with van der Waals surface area (Å²) in [6, 6.07) is 14.4. The molecule has 32 heavy (non-hydrogen) atoms. The van der Waals surface area contributed by atoms with Crippen molar-refractivity contribution in [2.24, 2.45) is 17.3 Å². The van der Waals surface area contributed by atoms with Crippen molar-refractivity contribution < 1.29 is 17.9 Å². The largest absolute Gasteiger partial charge is 0.449 e. The maximum atomic E-state index is 12.9. The molecule has 172 valence electrons. The van der Waals surface area contributed by atoms with Crippen molar-refractivity contribution in [3.05, 3.63) is 59.7 Å². The van der Waals surface area contributed by atoms with Gasteiger partial charge in [-0.3, -0.25) is 5.32 Å². The zero-order valence-electron chi connectivity index (χ0n) is 18.9. The molecule has 1 saturated carbocycles. The van der Waals surface area contributed by atoms with Crippen LogP contribution in [0.15, 0.2) is 53.4 Å². The van der Waals surface area contributed by atoms with E-state index in [4.69, 9.17) is 4.74 Å². The Kier molecular flexibility index (Phi) is 6.32. The molecule has 0 spiro atoms. The SMILES string of the molecule is CC(C)(C)COC(=O)Nc1ccc2c(c1)CC1CCC(C2)C1NS(=O)(=O)c1ccccc1. The zero-order valence-corrected chi connectivity index (χ0v) is 19.7. The first-order chi connectivity index (χ1) is 15.1. The summed E-state index contributed by atoms with van der Waals surface area (Å²) in [5.41, 5.74) is 3.03. The number of carbonyl (C=O) groups excluding carboxylic acids is 1. The Morgan fingerprint density at radius 3 is 2.31 bits per heavy atom. The van der Waals surface area contributed by atoms with Crippen molar-refractivity contribution in [3.8, 4) is 0 Å². The third-order valence-electron chi connectivity index (χ3n) is 6.32. The van der Waals surface area contributed by atoms with E-state index in [1.165, 1.54) is 11.1 Å². The lowest BCUT2D eigenvalue weighted by Gasteiger charge is -2.23. The van der Waals surface area contributed by atoms with Gasteiger partial charge in [-0.2, -0.15) is 0 Å². The van der Waals surface area contributed by atoms with Gasteiger partial charge in [-0.1, -0.05) is 45.0 Å². The van der Waals surface area contributed by atoms with E-state index in [0.717, 1.165) is 25.7 Å².